The van der Waals surface area contributed by atoms with Gasteiger partial charge in [0.1, 0.15) is 0 Å². The molecule has 7 nitrogen and oxygen atoms in total. The van der Waals surface area contributed by atoms with Crippen LogP contribution in [0.2, 0.25) is 5.02 Å². The lowest BCUT2D eigenvalue weighted by atomic mass is 9.89. The van der Waals surface area contributed by atoms with Crippen molar-refractivity contribution in [2.45, 2.75) is 57.7 Å². The summed E-state index contributed by atoms with van der Waals surface area (Å²) in [6, 6.07) is 6.94. The van der Waals surface area contributed by atoms with E-state index in [4.69, 9.17) is 11.6 Å². The molecule has 2 atom stereocenters. The largest absolute Gasteiger partial charge is 0.416 e. The Morgan fingerprint density at radius 3 is 2.37 bits per heavy atom. The minimum atomic E-state index is -4.84. The van der Waals surface area contributed by atoms with E-state index in [1.165, 1.54) is 51.2 Å². The van der Waals surface area contributed by atoms with Gasteiger partial charge in [0, 0.05) is 36.2 Å². The molecule has 14 heteroatoms. The first-order valence-corrected chi connectivity index (χ1v) is 13.8. The molecule has 0 N–H and O–H groups in total. The number of hydrogen-bond donors (Lipinski definition) is 0. The van der Waals surface area contributed by atoms with Crippen LogP contribution in [-0.4, -0.2) is 37.9 Å². The van der Waals surface area contributed by atoms with Crippen LogP contribution in [0, 0.1) is 13.8 Å². The molecule has 0 aliphatic carbocycles. The van der Waals surface area contributed by atoms with E-state index in [9.17, 15) is 13.2 Å². The molecule has 0 saturated heterocycles. The van der Waals surface area contributed by atoms with Crippen molar-refractivity contribution in [3.8, 4) is 0 Å². The van der Waals surface area contributed by atoms with Gasteiger partial charge in [-0.15, -0.1) is 5.10 Å². The fourth-order valence-electron chi connectivity index (χ4n) is 6.01. The zero-order valence-electron chi connectivity index (χ0n) is 23.5. The molecule has 228 valence electrons. The van der Waals surface area contributed by atoms with Gasteiger partial charge in [0.2, 0.25) is 0 Å². The van der Waals surface area contributed by atoms with E-state index in [0.717, 1.165) is 15.3 Å². The number of anilines is 2. The van der Waals surface area contributed by atoms with Crippen molar-refractivity contribution < 1.29 is 26.3 Å². The molecular weight excluding hydrogens is 596 g/mol. The number of benzene rings is 2. The molecule has 0 amide bonds. The molecule has 2 aromatic heterocycles. The molecule has 0 spiro atoms. The number of alkyl halides is 6. The Balaban J connectivity index is 1.78. The van der Waals surface area contributed by atoms with Crippen LogP contribution in [0.25, 0.3) is 0 Å². The van der Waals surface area contributed by atoms with E-state index in [1.807, 2.05) is 0 Å². The van der Waals surface area contributed by atoms with Crippen molar-refractivity contribution in [2.75, 3.05) is 16.3 Å². The van der Waals surface area contributed by atoms with Gasteiger partial charge >= 0.3 is 12.4 Å². The normalized spacial score (nSPS) is 16.5. The van der Waals surface area contributed by atoms with Crippen LogP contribution < -0.4 is 9.80 Å². The van der Waals surface area contributed by atoms with Crippen molar-refractivity contribution in [3.05, 3.63) is 93.3 Å². The molecule has 5 rings (SSSR count). The quantitative estimate of drug-likeness (QED) is 0.207. The zero-order valence-corrected chi connectivity index (χ0v) is 24.2. The zero-order chi connectivity index (χ0) is 31.1. The van der Waals surface area contributed by atoms with E-state index >= 15 is 13.2 Å². The average molecular weight is 624 g/mol. The van der Waals surface area contributed by atoms with Crippen LogP contribution in [0.5, 0.6) is 0 Å². The van der Waals surface area contributed by atoms with Gasteiger partial charge in [-0.2, -0.15) is 31.1 Å². The highest BCUT2D eigenvalue weighted by atomic mass is 35.5. The number of aryl methyl sites for hydroxylation is 2. The van der Waals surface area contributed by atoms with Crippen LogP contribution in [0.1, 0.15) is 58.3 Å². The number of pyridine rings is 1. The predicted octanol–water partition coefficient (Wildman–Crippen LogP) is 7.55. The van der Waals surface area contributed by atoms with Gasteiger partial charge in [-0.05, 0) is 84.0 Å². The topological polar surface area (TPSA) is 63.0 Å². The second-order valence-electron chi connectivity index (χ2n) is 10.5. The second-order valence-corrected chi connectivity index (χ2v) is 11.0. The molecule has 3 heterocycles. The molecule has 4 aromatic rings. The molecule has 0 unspecified atom stereocenters. The van der Waals surface area contributed by atoms with E-state index in [2.05, 4.69) is 20.4 Å². The third-order valence-corrected chi connectivity index (χ3v) is 7.81. The highest BCUT2D eigenvalue weighted by molar-refractivity contribution is 6.30. The summed E-state index contributed by atoms with van der Waals surface area (Å²) in [6.45, 7) is 3.25. The number of rotatable bonds is 6. The van der Waals surface area contributed by atoms with Crippen LogP contribution in [0.4, 0.5) is 38.0 Å². The highest BCUT2D eigenvalue weighted by Crippen LogP contribution is 2.50. The van der Waals surface area contributed by atoms with Crippen LogP contribution in [0.3, 0.4) is 0 Å². The maximum Gasteiger partial charge on any atom is 0.416 e. The Bertz CT molecular complexity index is 1590. The standard InChI is InChI=1S/C29H28ClF6N7/c1-17-14-22-23(43(27-38-40-41(3)39-27)26(29(34,35)36)20-6-4-7-21(30)15-20)8-5-13-42(16-19-9-11-37-12-10-19)25(22)18(2)24(17)28(31,32)33/h4,6-7,9-12,14-15,23,26H,5,8,13,16H2,1-3H3/t23-,26-/m0/s1. The van der Waals surface area contributed by atoms with Gasteiger partial charge in [-0.3, -0.25) is 4.98 Å². The number of fused-ring (bicyclic) bond motifs is 1. The lowest BCUT2D eigenvalue weighted by molar-refractivity contribution is -0.152. The Kier molecular flexibility index (Phi) is 8.30. The minimum Gasteiger partial charge on any atom is -0.367 e. The smallest absolute Gasteiger partial charge is 0.367 e. The third-order valence-electron chi connectivity index (χ3n) is 7.57. The number of aromatic nitrogens is 5. The molecular formula is C29H28ClF6N7. The van der Waals surface area contributed by atoms with Crippen LogP contribution in [-0.2, 0) is 19.8 Å². The summed E-state index contributed by atoms with van der Waals surface area (Å²) in [5.41, 5.74) is 0.244. The number of nitrogens with zero attached hydrogens (tertiary/aromatic N) is 7. The van der Waals surface area contributed by atoms with Crippen molar-refractivity contribution in [1.82, 2.24) is 25.2 Å². The Morgan fingerprint density at radius 1 is 1.05 bits per heavy atom. The summed E-state index contributed by atoms with van der Waals surface area (Å²) in [4.78, 5) is 7.89. The Hall–Kier alpha value is -3.87. The van der Waals surface area contributed by atoms with Crippen LogP contribution >= 0.6 is 11.6 Å². The summed E-state index contributed by atoms with van der Waals surface area (Å²) in [5, 5.41) is 12.0. The first-order chi connectivity index (χ1) is 20.3. The third kappa shape index (κ3) is 6.27. The van der Waals surface area contributed by atoms with Crippen molar-refractivity contribution in [3.63, 3.8) is 0 Å². The highest BCUT2D eigenvalue weighted by Gasteiger charge is 2.50. The van der Waals surface area contributed by atoms with Gasteiger partial charge in [0.15, 0.2) is 6.04 Å². The maximum atomic E-state index is 15.1. The average Bonchev–Trinajstić information content (AvgIpc) is 3.26. The predicted molar refractivity (Wildman–Crippen MR) is 150 cm³/mol. The number of tetrazole rings is 1. The monoisotopic (exact) mass is 623 g/mol. The van der Waals surface area contributed by atoms with Crippen molar-refractivity contribution in [2.24, 2.45) is 7.05 Å². The van der Waals surface area contributed by atoms with Crippen LogP contribution in [0.15, 0.2) is 54.9 Å². The lowest BCUT2D eigenvalue weighted by Crippen LogP contribution is -2.42. The molecule has 0 saturated carbocycles. The lowest BCUT2D eigenvalue weighted by Gasteiger charge is -2.39. The minimum absolute atomic E-state index is 0.0539. The van der Waals surface area contributed by atoms with Gasteiger partial charge in [0.25, 0.3) is 5.95 Å². The first kappa shape index (κ1) is 30.6. The van der Waals surface area contributed by atoms with Gasteiger partial charge < -0.3 is 9.80 Å². The molecule has 0 bridgehead atoms. The molecule has 1 aliphatic heterocycles. The molecule has 43 heavy (non-hydrogen) atoms. The number of halogens is 7. The summed E-state index contributed by atoms with van der Waals surface area (Å²) >= 11 is 6.13. The van der Waals surface area contributed by atoms with Crippen molar-refractivity contribution >= 4 is 23.2 Å². The summed E-state index contributed by atoms with van der Waals surface area (Å²) in [6.07, 6.45) is -5.80. The summed E-state index contributed by atoms with van der Waals surface area (Å²) in [7, 11) is 1.43. The van der Waals surface area contributed by atoms with E-state index in [0.29, 0.717) is 18.5 Å². The Labute approximate surface area is 249 Å². The van der Waals surface area contributed by atoms with Gasteiger partial charge in [-0.1, -0.05) is 34.9 Å². The maximum absolute atomic E-state index is 15.1. The van der Waals surface area contributed by atoms with Gasteiger partial charge in [-0.25, -0.2) is 0 Å². The van der Waals surface area contributed by atoms with Gasteiger partial charge in [0.05, 0.1) is 18.7 Å². The first-order valence-electron chi connectivity index (χ1n) is 13.5. The Morgan fingerprint density at radius 2 is 1.77 bits per heavy atom. The van der Waals surface area contributed by atoms with E-state index in [-0.39, 0.29) is 46.3 Å². The fourth-order valence-corrected chi connectivity index (χ4v) is 6.21. The molecule has 0 fully saturated rings. The molecule has 1 aliphatic rings. The summed E-state index contributed by atoms with van der Waals surface area (Å²) < 4.78 is 88.5. The van der Waals surface area contributed by atoms with E-state index < -0.39 is 30.0 Å². The summed E-state index contributed by atoms with van der Waals surface area (Å²) in [5.74, 6) is -0.307. The second kappa shape index (κ2) is 11.7. The fraction of sp³-hybridized carbons (Fsp3) is 0.379. The SMILES string of the molecule is Cc1cc2c(c(C)c1C(F)(F)F)N(Cc1ccncc1)CCC[C@@H]2N(c1nnn(C)n1)[C@@H](c1cccc(Cl)c1)C(F)(F)F. The molecule has 2 aromatic carbocycles. The number of hydrogen-bond acceptors (Lipinski definition) is 6. The van der Waals surface area contributed by atoms with E-state index in [1.54, 1.807) is 29.4 Å². The van der Waals surface area contributed by atoms with Crippen molar-refractivity contribution in [1.29, 1.82) is 0 Å². The molecule has 0 radical (unpaired) electrons.